The summed E-state index contributed by atoms with van der Waals surface area (Å²) in [6.07, 6.45) is 1.23. The van der Waals surface area contributed by atoms with Gasteiger partial charge in [-0.05, 0) is 33.9 Å². The summed E-state index contributed by atoms with van der Waals surface area (Å²) in [5, 5.41) is 3.38. The minimum atomic E-state index is 0.665. The molecule has 2 nitrogen and oxygen atoms in total. The van der Waals surface area contributed by atoms with Gasteiger partial charge in [-0.2, -0.15) is 0 Å². The molecule has 0 saturated carbocycles. The Labute approximate surface area is 71.0 Å². The fourth-order valence-corrected chi connectivity index (χ4v) is 0.815. The molecule has 0 atom stereocenters. The van der Waals surface area contributed by atoms with E-state index < -0.39 is 0 Å². The summed E-state index contributed by atoms with van der Waals surface area (Å²) < 4.78 is 0. The normalized spacial score (nSPS) is 11.5. The van der Waals surface area contributed by atoms with Gasteiger partial charge in [0.05, 0.1) is 0 Å². The Morgan fingerprint density at radius 3 is 2.36 bits per heavy atom. The first-order chi connectivity index (χ1) is 5.18. The van der Waals surface area contributed by atoms with Crippen molar-refractivity contribution in [2.75, 3.05) is 26.7 Å². The van der Waals surface area contributed by atoms with Crippen molar-refractivity contribution in [3.63, 3.8) is 0 Å². The van der Waals surface area contributed by atoms with Crippen molar-refractivity contribution in [2.24, 2.45) is 0 Å². The first kappa shape index (κ1) is 10.9. The van der Waals surface area contributed by atoms with Crippen molar-refractivity contribution in [3.8, 4) is 0 Å². The summed E-state index contributed by atoms with van der Waals surface area (Å²) in [4.78, 5) is 2.35. The lowest BCUT2D eigenvalue weighted by Gasteiger charge is -2.20. The highest BCUT2D eigenvalue weighted by atomic mass is 15.1. The molecule has 0 spiro atoms. The molecule has 68 valence electrons. The number of nitrogens with zero attached hydrogens (tertiary/aromatic N) is 1. The molecule has 0 heterocycles. The fourth-order valence-electron chi connectivity index (χ4n) is 0.815. The molecule has 0 radical (unpaired) electrons. The van der Waals surface area contributed by atoms with E-state index in [1.807, 2.05) is 0 Å². The van der Waals surface area contributed by atoms with Crippen molar-refractivity contribution in [1.82, 2.24) is 10.2 Å². The van der Waals surface area contributed by atoms with E-state index in [0.717, 1.165) is 19.6 Å². The van der Waals surface area contributed by atoms with E-state index in [0.29, 0.717) is 6.04 Å². The molecule has 0 unspecified atom stereocenters. The van der Waals surface area contributed by atoms with Crippen LogP contribution in [0.5, 0.6) is 0 Å². The van der Waals surface area contributed by atoms with E-state index in [9.17, 15) is 0 Å². The number of hydrogen-bond donors (Lipinski definition) is 1. The van der Waals surface area contributed by atoms with Crippen molar-refractivity contribution in [1.29, 1.82) is 0 Å². The minimum absolute atomic E-state index is 0.665. The van der Waals surface area contributed by atoms with Crippen molar-refractivity contribution in [3.05, 3.63) is 0 Å². The lowest BCUT2D eigenvalue weighted by Crippen LogP contribution is -2.33. The van der Waals surface area contributed by atoms with Crippen LogP contribution >= 0.6 is 0 Å². The second kappa shape index (κ2) is 6.62. The Morgan fingerprint density at radius 2 is 1.91 bits per heavy atom. The Hall–Kier alpha value is -0.0800. The fraction of sp³-hybridized carbons (Fsp3) is 1.00. The molecule has 0 aliphatic heterocycles. The SMILES string of the molecule is CCCNCCN(C)C(C)C. The van der Waals surface area contributed by atoms with Gasteiger partial charge in [0, 0.05) is 19.1 Å². The van der Waals surface area contributed by atoms with Crippen LogP contribution in [0.4, 0.5) is 0 Å². The van der Waals surface area contributed by atoms with Gasteiger partial charge in [0.2, 0.25) is 0 Å². The molecule has 2 heteroatoms. The average Bonchev–Trinajstić information content (AvgIpc) is 1.97. The number of rotatable bonds is 6. The first-order valence-electron chi connectivity index (χ1n) is 4.59. The predicted octanol–water partition coefficient (Wildman–Crippen LogP) is 1.33. The van der Waals surface area contributed by atoms with Gasteiger partial charge in [-0.25, -0.2) is 0 Å². The summed E-state index contributed by atoms with van der Waals surface area (Å²) >= 11 is 0. The third-order valence-corrected chi connectivity index (χ3v) is 1.95. The van der Waals surface area contributed by atoms with Gasteiger partial charge < -0.3 is 10.2 Å². The van der Waals surface area contributed by atoms with E-state index in [1.165, 1.54) is 6.42 Å². The molecule has 0 aliphatic carbocycles. The second-order valence-corrected chi connectivity index (χ2v) is 3.32. The summed E-state index contributed by atoms with van der Waals surface area (Å²) in [7, 11) is 2.16. The van der Waals surface area contributed by atoms with Gasteiger partial charge in [0.1, 0.15) is 0 Å². The van der Waals surface area contributed by atoms with Crippen LogP contribution in [-0.2, 0) is 0 Å². The molecule has 0 saturated heterocycles. The summed E-state index contributed by atoms with van der Waals surface area (Å²) in [6.45, 7) is 10.0. The standard InChI is InChI=1S/C9H22N2/c1-5-6-10-7-8-11(4)9(2)3/h9-10H,5-8H2,1-4H3. The van der Waals surface area contributed by atoms with Crippen molar-refractivity contribution in [2.45, 2.75) is 33.2 Å². The van der Waals surface area contributed by atoms with Crippen LogP contribution in [0.2, 0.25) is 0 Å². The maximum Gasteiger partial charge on any atom is 0.0106 e. The van der Waals surface area contributed by atoms with Crippen LogP contribution in [0, 0.1) is 0 Å². The zero-order valence-electron chi connectivity index (χ0n) is 8.35. The van der Waals surface area contributed by atoms with Gasteiger partial charge in [-0.3, -0.25) is 0 Å². The lowest BCUT2D eigenvalue weighted by atomic mass is 10.3. The molecule has 0 amide bonds. The average molecular weight is 158 g/mol. The highest BCUT2D eigenvalue weighted by Gasteiger charge is 2.00. The third-order valence-electron chi connectivity index (χ3n) is 1.95. The molecule has 0 aliphatic rings. The zero-order valence-corrected chi connectivity index (χ0v) is 8.35. The summed E-state index contributed by atoms with van der Waals surface area (Å²) in [6, 6.07) is 0.665. The Morgan fingerprint density at radius 1 is 1.27 bits per heavy atom. The molecule has 0 aromatic rings. The Balaban J connectivity index is 3.10. The zero-order chi connectivity index (χ0) is 8.69. The van der Waals surface area contributed by atoms with Crippen LogP contribution in [0.25, 0.3) is 0 Å². The maximum absolute atomic E-state index is 3.38. The van der Waals surface area contributed by atoms with Gasteiger partial charge in [0.15, 0.2) is 0 Å². The molecule has 0 aromatic heterocycles. The molecule has 0 fully saturated rings. The third kappa shape index (κ3) is 6.32. The lowest BCUT2D eigenvalue weighted by molar-refractivity contribution is 0.273. The molecule has 0 bridgehead atoms. The van der Waals surface area contributed by atoms with E-state index in [2.05, 4.69) is 38.0 Å². The van der Waals surface area contributed by atoms with Gasteiger partial charge in [-0.15, -0.1) is 0 Å². The molecule has 0 rings (SSSR count). The van der Waals surface area contributed by atoms with E-state index in [4.69, 9.17) is 0 Å². The van der Waals surface area contributed by atoms with Crippen LogP contribution in [0.3, 0.4) is 0 Å². The number of nitrogens with one attached hydrogen (secondary N) is 1. The first-order valence-corrected chi connectivity index (χ1v) is 4.59. The second-order valence-electron chi connectivity index (χ2n) is 3.32. The van der Waals surface area contributed by atoms with Crippen LogP contribution in [-0.4, -0.2) is 37.6 Å². The van der Waals surface area contributed by atoms with Crippen LogP contribution in [0.1, 0.15) is 27.2 Å². The summed E-state index contributed by atoms with van der Waals surface area (Å²) in [5.41, 5.74) is 0. The largest absolute Gasteiger partial charge is 0.315 e. The topological polar surface area (TPSA) is 15.3 Å². The highest BCUT2D eigenvalue weighted by Crippen LogP contribution is 1.90. The van der Waals surface area contributed by atoms with Crippen LogP contribution < -0.4 is 5.32 Å². The highest BCUT2D eigenvalue weighted by molar-refractivity contribution is 4.58. The summed E-state index contributed by atoms with van der Waals surface area (Å²) in [5.74, 6) is 0. The van der Waals surface area contributed by atoms with Crippen molar-refractivity contribution < 1.29 is 0 Å². The van der Waals surface area contributed by atoms with Gasteiger partial charge in [-0.1, -0.05) is 6.92 Å². The predicted molar refractivity (Wildman–Crippen MR) is 50.9 cm³/mol. The maximum atomic E-state index is 3.38. The van der Waals surface area contributed by atoms with E-state index in [1.54, 1.807) is 0 Å². The van der Waals surface area contributed by atoms with Crippen molar-refractivity contribution >= 4 is 0 Å². The van der Waals surface area contributed by atoms with Gasteiger partial charge >= 0.3 is 0 Å². The smallest absolute Gasteiger partial charge is 0.0106 e. The monoisotopic (exact) mass is 158 g/mol. The Bertz CT molecular complexity index is 81.6. The molecule has 1 N–H and O–H groups in total. The minimum Gasteiger partial charge on any atom is -0.315 e. The van der Waals surface area contributed by atoms with E-state index in [-0.39, 0.29) is 0 Å². The Kier molecular flexibility index (Phi) is 6.57. The number of likely N-dealkylation sites (N-methyl/N-ethyl adjacent to an activating group) is 1. The molecular weight excluding hydrogens is 136 g/mol. The molecule has 0 aromatic carbocycles. The quantitative estimate of drug-likeness (QED) is 0.587. The van der Waals surface area contributed by atoms with E-state index >= 15 is 0 Å². The number of hydrogen-bond acceptors (Lipinski definition) is 2. The van der Waals surface area contributed by atoms with Gasteiger partial charge in [0.25, 0.3) is 0 Å². The van der Waals surface area contributed by atoms with Crippen LogP contribution in [0.15, 0.2) is 0 Å². The molecular formula is C9H22N2. The molecule has 11 heavy (non-hydrogen) atoms.